The van der Waals surface area contributed by atoms with Gasteiger partial charge in [0, 0.05) is 37.3 Å². The number of nitrogens with zero attached hydrogens (tertiary/aromatic N) is 3. The number of benzene rings is 2. The molecule has 3 saturated heterocycles. The van der Waals surface area contributed by atoms with Crippen molar-refractivity contribution < 1.29 is 19.1 Å². The van der Waals surface area contributed by atoms with E-state index in [-0.39, 0.29) is 12.5 Å². The van der Waals surface area contributed by atoms with Gasteiger partial charge in [0.25, 0.3) is 11.1 Å². The number of amides is 3. The van der Waals surface area contributed by atoms with E-state index in [2.05, 4.69) is 17.0 Å². The third kappa shape index (κ3) is 4.00. The third-order valence-electron chi connectivity index (χ3n) is 6.20. The lowest BCUT2D eigenvalue weighted by Crippen LogP contribution is -2.46. The molecule has 2 aromatic carbocycles. The van der Waals surface area contributed by atoms with E-state index in [4.69, 9.17) is 4.74 Å². The summed E-state index contributed by atoms with van der Waals surface area (Å²) in [6, 6.07) is 12.3. The second-order valence-electron chi connectivity index (χ2n) is 8.17. The number of fused-ring (bicyclic) bond motifs is 1. The van der Waals surface area contributed by atoms with E-state index >= 15 is 0 Å². The lowest BCUT2D eigenvalue weighted by Gasteiger charge is -2.28. The van der Waals surface area contributed by atoms with Crippen molar-refractivity contribution in [2.24, 2.45) is 0 Å². The predicted octanol–water partition coefficient (Wildman–Crippen LogP) is 3.34. The van der Waals surface area contributed by atoms with Crippen LogP contribution < -0.4 is 4.90 Å². The maximum atomic E-state index is 13.0. The van der Waals surface area contributed by atoms with Gasteiger partial charge in [-0.3, -0.25) is 19.3 Å². The first-order chi connectivity index (χ1) is 15.6. The molecule has 3 heterocycles. The van der Waals surface area contributed by atoms with Crippen LogP contribution in [0.3, 0.4) is 0 Å². The van der Waals surface area contributed by atoms with Crippen molar-refractivity contribution in [3.63, 3.8) is 0 Å². The van der Waals surface area contributed by atoms with Gasteiger partial charge in [-0.15, -0.1) is 0 Å². The summed E-state index contributed by atoms with van der Waals surface area (Å²) in [5.74, 6) is -0.633. The molecule has 0 radical (unpaired) electrons. The maximum absolute atomic E-state index is 13.0. The molecule has 0 spiro atoms. The van der Waals surface area contributed by atoms with Crippen molar-refractivity contribution in [1.29, 1.82) is 0 Å². The fourth-order valence-corrected chi connectivity index (χ4v) is 5.32. The van der Waals surface area contributed by atoms with Crippen molar-refractivity contribution in [1.82, 2.24) is 9.80 Å². The highest BCUT2D eigenvalue weighted by atomic mass is 32.2. The molecule has 166 valence electrons. The first kappa shape index (κ1) is 21.0. The van der Waals surface area contributed by atoms with Crippen LogP contribution in [0.2, 0.25) is 0 Å². The molecule has 8 heteroatoms. The van der Waals surface area contributed by atoms with Crippen LogP contribution in [-0.4, -0.2) is 72.8 Å². The molecule has 0 bridgehead atoms. The Hall–Kier alpha value is -2.84. The Morgan fingerprint density at radius 1 is 0.969 bits per heavy atom. The second-order valence-corrected chi connectivity index (χ2v) is 9.17. The van der Waals surface area contributed by atoms with Gasteiger partial charge in [0.2, 0.25) is 5.91 Å². The average molecular weight is 452 g/mol. The van der Waals surface area contributed by atoms with Crippen LogP contribution in [0, 0.1) is 0 Å². The largest absolute Gasteiger partial charge is 0.378 e. The van der Waals surface area contributed by atoms with Gasteiger partial charge in [0.05, 0.1) is 18.1 Å². The number of morpholine rings is 1. The van der Waals surface area contributed by atoms with Crippen molar-refractivity contribution in [2.45, 2.75) is 12.8 Å². The molecule has 3 amide bonds. The predicted molar refractivity (Wildman–Crippen MR) is 125 cm³/mol. The van der Waals surface area contributed by atoms with Gasteiger partial charge in [-0.1, -0.05) is 30.3 Å². The van der Waals surface area contributed by atoms with Crippen molar-refractivity contribution >= 4 is 51.4 Å². The fourth-order valence-electron chi connectivity index (χ4n) is 4.49. The SMILES string of the molecule is O=C(CN1C(=O)S/C(=C/c2ccc(N3CCCC3)c3ccccc23)C1=O)N1CCOCC1. The molecule has 3 fully saturated rings. The zero-order chi connectivity index (χ0) is 22.1. The monoisotopic (exact) mass is 451 g/mol. The van der Waals surface area contributed by atoms with Gasteiger partial charge < -0.3 is 14.5 Å². The lowest BCUT2D eigenvalue weighted by molar-refractivity contribution is -0.139. The maximum Gasteiger partial charge on any atom is 0.294 e. The summed E-state index contributed by atoms with van der Waals surface area (Å²) in [6.45, 7) is 3.82. The number of rotatable bonds is 4. The van der Waals surface area contributed by atoms with E-state index in [0.29, 0.717) is 31.2 Å². The van der Waals surface area contributed by atoms with Crippen LogP contribution in [0.5, 0.6) is 0 Å². The summed E-state index contributed by atoms with van der Waals surface area (Å²) < 4.78 is 5.26. The normalized spacial score (nSPS) is 20.8. The van der Waals surface area contributed by atoms with Gasteiger partial charge in [0.15, 0.2) is 0 Å². The third-order valence-corrected chi connectivity index (χ3v) is 7.11. The molecular weight excluding hydrogens is 426 g/mol. The number of thioether (sulfide) groups is 1. The molecule has 7 nitrogen and oxygen atoms in total. The second kappa shape index (κ2) is 8.96. The topological polar surface area (TPSA) is 70.2 Å². The van der Waals surface area contributed by atoms with Crippen molar-refractivity contribution in [3.05, 3.63) is 46.9 Å². The molecule has 0 aromatic heterocycles. The summed E-state index contributed by atoms with van der Waals surface area (Å²) in [5.41, 5.74) is 2.10. The molecule has 5 rings (SSSR count). The molecule has 0 aliphatic carbocycles. The summed E-state index contributed by atoms with van der Waals surface area (Å²) in [6.07, 6.45) is 4.18. The van der Waals surface area contributed by atoms with Crippen LogP contribution in [0.25, 0.3) is 16.8 Å². The van der Waals surface area contributed by atoms with Crippen molar-refractivity contribution in [2.75, 3.05) is 50.8 Å². The number of carbonyl (C=O) groups excluding carboxylic acids is 3. The average Bonchev–Trinajstić information content (AvgIpc) is 3.44. The van der Waals surface area contributed by atoms with E-state index in [1.165, 1.54) is 18.5 Å². The van der Waals surface area contributed by atoms with Crippen LogP contribution in [0.15, 0.2) is 41.3 Å². The highest BCUT2D eigenvalue weighted by Gasteiger charge is 2.37. The number of imide groups is 1. The van der Waals surface area contributed by atoms with Gasteiger partial charge in [-0.2, -0.15) is 0 Å². The summed E-state index contributed by atoms with van der Waals surface area (Å²) in [7, 11) is 0. The number of ether oxygens (including phenoxy) is 1. The molecule has 2 aromatic rings. The number of carbonyl (C=O) groups is 3. The van der Waals surface area contributed by atoms with E-state index in [1.54, 1.807) is 11.0 Å². The van der Waals surface area contributed by atoms with Crippen LogP contribution in [0.1, 0.15) is 18.4 Å². The molecule has 3 aliphatic rings. The van der Waals surface area contributed by atoms with E-state index in [0.717, 1.165) is 46.1 Å². The smallest absolute Gasteiger partial charge is 0.294 e. The molecular formula is C24H25N3O4S. The molecule has 32 heavy (non-hydrogen) atoms. The molecule has 0 unspecified atom stereocenters. The van der Waals surface area contributed by atoms with Gasteiger partial charge in [0.1, 0.15) is 6.54 Å². The summed E-state index contributed by atoms with van der Waals surface area (Å²) >= 11 is 0.896. The zero-order valence-electron chi connectivity index (χ0n) is 17.8. The number of hydrogen-bond acceptors (Lipinski definition) is 6. The Morgan fingerprint density at radius 2 is 1.69 bits per heavy atom. The Morgan fingerprint density at radius 3 is 2.44 bits per heavy atom. The summed E-state index contributed by atoms with van der Waals surface area (Å²) in [4.78, 5) is 43.5. The number of anilines is 1. The van der Waals surface area contributed by atoms with E-state index in [9.17, 15) is 14.4 Å². The highest BCUT2D eigenvalue weighted by Crippen LogP contribution is 2.36. The standard InChI is InChI=1S/C24H25N3O4S/c28-22(26-11-13-31-14-12-26)16-27-23(29)21(32-24(27)30)15-17-7-8-20(25-9-3-4-10-25)19-6-2-1-5-18(17)19/h1-2,5-8,15H,3-4,9-14,16H2/b21-15+. The Balaban J connectivity index is 1.40. The Bertz CT molecular complexity index is 1100. The molecule has 0 saturated carbocycles. The van der Waals surface area contributed by atoms with Gasteiger partial charge in [-0.25, -0.2) is 0 Å². The molecule has 3 aliphatic heterocycles. The van der Waals surface area contributed by atoms with Crippen LogP contribution in [-0.2, 0) is 14.3 Å². The first-order valence-corrected chi connectivity index (χ1v) is 11.8. The van der Waals surface area contributed by atoms with E-state index < -0.39 is 11.1 Å². The van der Waals surface area contributed by atoms with Crippen molar-refractivity contribution in [3.8, 4) is 0 Å². The minimum Gasteiger partial charge on any atom is -0.378 e. The lowest BCUT2D eigenvalue weighted by atomic mass is 10.0. The number of hydrogen-bond donors (Lipinski definition) is 0. The fraction of sp³-hybridized carbons (Fsp3) is 0.375. The zero-order valence-corrected chi connectivity index (χ0v) is 18.6. The quantitative estimate of drug-likeness (QED) is 0.664. The first-order valence-electron chi connectivity index (χ1n) is 11.0. The summed E-state index contributed by atoms with van der Waals surface area (Å²) in [5, 5.41) is 1.79. The minimum absolute atomic E-state index is 0.225. The Kier molecular flexibility index (Phi) is 5.89. The van der Waals surface area contributed by atoms with Crippen LogP contribution >= 0.6 is 11.8 Å². The van der Waals surface area contributed by atoms with E-state index in [1.807, 2.05) is 24.3 Å². The minimum atomic E-state index is -0.408. The Labute approximate surface area is 191 Å². The molecule has 0 N–H and O–H groups in total. The molecule has 0 atom stereocenters. The van der Waals surface area contributed by atoms with Gasteiger partial charge in [-0.05, 0) is 47.7 Å². The van der Waals surface area contributed by atoms with Crippen LogP contribution in [0.4, 0.5) is 10.5 Å². The highest BCUT2D eigenvalue weighted by molar-refractivity contribution is 8.18. The van der Waals surface area contributed by atoms with Gasteiger partial charge >= 0.3 is 0 Å².